The van der Waals surface area contributed by atoms with Gasteiger partial charge in [0.05, 0.1) is 26.4 Å². The molecule has 1 aromatic carbocycles. The van der Waals surface area contributed by atoms with Crippen molar-refractivity contribution in [1.29, 1.82) is 0 Å². The smallest absolute Gasteiger partial charge is 0.184 e. The minimum atomic E-state index is -0.428. The summed E-state index contributed by atoms with van der Waals surface area (Å²) in [6, 6.07) is 7.58. The molecule has 2 aliphatic heterocycles. The van der Waals surface area contributed by atoms with E-state index in [1.54, 1.807) is 0 Å². The van der Waals surface area contributed by atoms with E-state index in [4.69, 9.17) is 25.8 Å². The molecule has 2 saturated heterocycles. The highest BCUT2D eigenvalue weighted by atomic mass is 35.5. The first-order valence-corrected chi connectivity index (χ1v) is 9.98. The topological polar surface area (TPSA) is 30.9 Å². The summed E-state index contributed by atoms with van der Waals surface area (Å²) in [5.41, 5.74) is 0. The second kappa shape index (κ2) is 9.22. The molecule has 1 atom stereocenters. The van der Waals surface area contributed by atoms with Gasteiger partial charge in [0.25, 0.3) is 0 Å². The molecule has 0 saturated carbocycles. The van der Waals surface area contributed by atoms with Gasteiger partial charge in [-0.3, -0.25) is 4.90 Å². The molecule has 4 nitrogen and oxygen atoms in total. The lowest BCUT2D eigenvalue weighted by Crippen LogP contribution is -2.55. The van der Waals surface area contributed by atoms with Crippen LogP contribution in [0.1, 0.15) is 39.0 Å². The molecular weight excluding hydrogens is 338 g/mol. The molecule has 3 rings (SSSR count). The zero-order chi connectivity index (χ0) is 17.5. The van der Waals surface area contributed by atoms with Crippen LogP contribution >= 0.6 is 11.6 Å². The Morgan fingerprint density at radius 3 is 2.88 bits per heavy atom. The zero-order valence-corrected chi connectivity index (χ0v) is 16.0. The number of likely N-dealkylation sites (tertiary alicyclic amines) is 1. The summed E-state index contributed by atoms with van der Waals surface area (Å²) in [7, 11) is 0. The quantitative estimate of drug-likeness (QED) is 0.638. The van der Waals surface area contributed by atoms with Crippen LogP contribution in [0, 0.1) is 5.92 Å². The van der Waals surface area contributed by atoms with Crippen LogP contribution in [0.5, 0.6) is 5.75 Å². The molecule has 5 heteroatoms. The van der Waals surface area contributed by atoms with E-state index >= 15 is 0 Å². The maximum Gasteiger partial charge on any atom is 0.184 e. The van der Waals surface area contributed by atoms with E-state index in [1.165, 1.54) is 19.3 Å². The average Bonchev–Trinajstić information content (AvgIpc) is 3.06. The first kappa shape index (κ1) is 19.0. The molecule has 0 bridgehead atoms. The van der Waals surface area contributed by atoms with Gasteiger partial charge >= 0.3 is 0 Å². The SMILES string of the molecule is CCCCCN1CCC(CCOc2cccc(Cl)c2)C2(C1)OCCO2. The molecule has 2 heterocycles. The number of nitrogens with zero attached hydrogens (tertiary/aromatic N) is 1. The predicted molar refractivity (Wildman–Crippen MR) is 100 cm³/mol. The highest BCUT2D eigenvalue weighted by molar-refractivity contribution is 6.30. The number of ether oxygens (including phenoxy) is 3. The molecule has 2 fully saturated rings. The Morgan fingerprint density at radius 2 is 2.12 bits per heavy atom. The normalized spacial score (nSPS) is 23.2. The van der Waals surface area contributed by atoms with Crippen molar-refractivity contribution in [2.75, 3.05) is 39.5 Å². The number of unbranched alkanes of at least 4 members (excludes halogenated alkanes) is 2. The van der Waals surface area contributed by atoms with Gasteiger partial charge in [-0.1, -0.05) is 37.4 Å². The van der Waals surface area contributed by atoms with E-state index in [0.717, 1.165) is 38.2 Å². The molecule has 0 amide bonds. The molecule has 0 radical (unpaired) electrons. The third-order valence-corrected chi connectivity index (χ3v) is 5.48. The van der Waals surface area contributed by atoms with Crippen molar-refractivity contribution in [3.8, 4) is 5.75 Å². The van der Waals surface area contributed by atoms with Gasteiger partial charge in [0.2, 0.25) is 0 Å². The largest absolute Gasteiger partial charge is 0.494 e. The Bertz CT molecular complexity index is 533. The third kappa shape index (κ3) is 5.10. The van der Waals surface area contributed by atoms with Crippen molar-refractivity contribution in [2.45, 2.75) is 44.8 Å². The van der Waals surface area contributed by atoms with E-state index in [0.29, 0.717) is 30.8 Å². The number of hydrogen-bond donors (Lipinski definition) is 0. The number of piperidine rings is 1. The van der Waals surface area contributed by atoms with Gasteiger partial charge in [-0.25, -0.2) is 0 Å². The van der Waals surface area contributed by atoms with E-state index in [9.17, 15) is 0 Å². The van der Waals surface area contributed by atoms with Crippen LogP contribution in [-0.4, -0.2) is 50.1 Å². The molecular formula is C20H30ClNO3. The Kier molecular flexibility index (Phi) is 7.00. The van der Waals surface area contributed by atoms with Crippen LogP contribution in [0.15, 0.2) is 24.3 Å². The van der Waals surface area contributed by atoms with Crippen LogP contribution in [0.25, 0.3) is 0 Å². The Labute approximate surface area is 156 Å². The molecule has 25 heavy (non-hydrogen) atoms. The summed E-state index contributed by atoms with van der Waals surface area (Å²) in [6.45, 7) is 7.47. The van der Waals surface area contributed by atoms with Crippen LogP contribution in [0.4, 0.5) is 0 Å². The lowest BCUT2D eigenvalue weighted by Gasteiger charge is -2.44. The van der Waals surface area contributed by atoms with Crippen LogP contribution in [0.3, 0.4) is 0 Å². The maximum atomic E-state index is 6.11. The summed E-state index contributed by atoms with van der Waals surface area (Å²) in [5, 5.41) is 0.705. The standard InChI is InChI=1S/C20H30ClNO3/c1-2-3-4-10-22-11-8-17(20(16-22)24-13-14-25-20)9-12-23-19-7-5-6-18(21)15-19/h5-7,15,17H,2-4,8-14,16H2,1H3. The highest BCUT2D eigenvalue weighted by Crippen LogP contribution is 2.37. The van der Waals surface area contributed by atoms with Gasteiger partial charge in [0.1, 0.15) is 5.75 Å². The van der Waals surface area contributed by atoms with Crippen LogP contribution in [0.2, 0.25) is 5.02 Å². The fraction of sp³-hybridized carbons (Fsp3) is 0.700. The molecule has 0 aromatic heterocycles. The van der Waals surface area contributed by atoms with Crippen molar-refractivity contribution in [2.24, 2.45) is 5.92 Å². The summed E-state index contributed by atoms with van der Waals surface area (Å²) in [4.78, 5) is 2.51. The zero-order valence-electron chi connectivity index (χ0n) is 15.2. The second-order valence-corrected chi connectivity index (χ2v) is 7.51. The monoisotopic (exact) mass is 367 g/mol. The Balaban J connectivity index is 1.52. The van der Waals surface area contributed by atoms with Gasteiger partial charge in [-0.15, -0.1) is 0 Å². The van der Waals surface area contributed by atoms with E-state index in [1.807, 2.05) is 24.3 Å². The first-order valence-electron chi connectivity index (χ1n) is 9.60. The number of benzene rings is 1. The van der Waals surface area contributed by atoms with E-state index in [2.05, 4.69) is 11.8 Å². The average molecular weight is 368 g/mol. The van der Waals surface area contributed by atoms with Crippen molar-refractivity contribution in [1.82, 2.24) is 4.90 Å². The van der Waals surface area contributed by atoms with E-state index < -0.39 is 5.79 Å². The van der Waals surface area contributed by atoms with Crippen molar-refractivity contribution >= 4 is 11.6 Å². The van der Waals surface area contributed by atoms with Gasteiger partial charge in [0.15, 0.2) is 5.79 Å². The lowest BCUT2D eigenvalue weighted by atomic mass is 9.87. The Morgan fingerprint density at radius 1 is 1.28 bits per heavy atom. The van der Waals surface area contributed by atoms with Gasteiger partial charge in [0, 0.05) is 10.9 Å². The minimum Gasteiger partial charge on any atom is -0.494 e. The molecule has 0 N–H and O–H groups in total. The molecule has 0 aliphatic carbocycles. The second-order valence-electron chi connectivity index (χ2n) is 7.07. The van der Waals surface area contributed by atoms with Crippen LogP contribution in [-0.2, 0) is 9.47 Å². The predicted octanol–water partition coefficient (Wildman–Crippen LogP) is 4.36. The maximum absolute atomic E-state index is 6.11. The first-order chi connectivity index (χ1) is 12.2. The number of halogens is 1. The lowest BCUT2D eigenvalue weighted by molar-refractivity contribution is -0.226. The summed E-state index contributed by atoms with van der Waals surface area (Å²) in [6.07, 6.45) is 5.85. The van der Waals surface area contributed by atoms with Crippen molar-refractivity contribution < 1.29 is 14.2 Å². The van der Waals surface area contributed by atoms with Gasteiger partial charge < -0.3 is 14.2 Å². The molecule has 140 valence electrons. The summed E-state index contributed by atoms with van der Waals surface area (Å²) in [5.74, 6) is 0.783. The van der Waals surface area contributed by atoms with E-state index in [-0.39, 0.29) is 0 Å². The molecule has 2 aliphatic rings. The van der Waals surface area contributed by atoms with Gasteiger partial charge in [-0.2, -0.15) is 0 Å². The number of rotatable bonds is 8. The Hall–Kier alpha value is -0.810. The summed E-state index contributed by atoms with van der Waals surface area (Å²) >= 11 is 6.01. The number of hydrogen-bond acceptors (Lipinski definition) is 4. The van der Waals surface area contributed by atoms with Gasteiger partial charge in [-0.05, 0) is 50.6 Å². The fourth-order valence-corrected chi connectivity index (χ4v) is 4.07. The summed E-state index contributed by atoms with van der Waals surface area (Å²) < 4.78 is 18.1. The minimum absolute atomic E-state index is 0.386. The van der Waals surface area contributed by atoms with Crippen LogP contribution < -0.4 is 4.74 Å². The molecule has 1 unspecified atom stereocenters. The fourth-order valence-electron chi connectivity index (χ4n) is 3.89. The molecule has 1 aromatic rings. The molecule has 1 spiro atoms. The van der Waals surface area contributed by atoms with Crippen molar-refractivity contribution in [3.05, 3.63) is 29.3 Å². The highest BCUT2D eigenvalue weighted by Gasteiger charge is 2.47. The third-order valence-electron chi connectivity index (χ3n) is 5.24. The van der Waals surface area contributed by atoms with Crippen molar-refractivity contribution in [3.63, 3.8) is 0 Å².